The average molecular weight is 337 g/mol. The maximum atomic E-state index is 11.6. The molecule has 2 N–H and O–H groups in total. The molecular weight excluding hydrogens is 326 g/mol. The summed E-state index contributed by atoms with van der Waals surface area (Å²) in [4.78, 5) is 27.4. The van der Waals surface area contributed by atoms with Crippen LogP contribution in [0.1, 0.15) is 5.76 Å². The Balaban J connectivity index is 1.71. The number of aromatic nitrogens is 1. The largest absolute Gasteiger partial charge is 0.454 e. The normalized spacial score (nSPS) is 15.9. The molecule has 1 saturated heterocycles. The standard InChI is InChI=1S/C17H11N3O3S/c21-16-14(24-17(22)20-16)7-12-6-10-8-18-9-13(15(10)23-12)19-11-4-2-1-3-5-11/h1-9,19H,(H,20,21,22)/b14-7-. The third-order valence-electron chi connectivity index (χ3n) is 3.41. The summed E-state index contributed by atoms with van der Waals surface area (Å²) in [5.74, 6) is 0.0766. The summed E-state index contributed by atoms with van der Waals surface area (Å²) < 4.78 is 5.83. The van der Waals surface area contributed by atoms with Crippen LogP contribution < -0.4 is 10.6 Å². The van der Waals surface area contributed by atoms with Crippen LogP contribution in [0.2, 0.25) is 0 Å². The fourth-order valence-electron chi connectivity index (χ4n) is 2.37. The summed E-state index contributed by atoms with van der Waals surface area (Å²) in [6, 6.07) is 11.5. The van der Waals surface area contributed by atoms with Crippen molar-refractivity contribution in [1.29, 1.82) is 0 Å². The smallest absolute Gasteiger partial charge is 0.290 e. The highest BCUT2D eigenvalue weighted by Crippen LogP contribution is 2.31. The van der Waals surface area contributed by atoms with Gasteiger partial charge in [-0.1, -0.05) is 18.2 Å². The van der Waals surface area contributed by atoms with Gasteiger partial charge in [0.1, 0.15) is 11.4 Å². The monoisotopic (exact) mass is 337 g/mol. The number of hydrogen-bond acceptors (Lipinski definition) is 6. The summed E-state index contributed by atoms with van der Waals surface area (Å²) in [6.07, 6.45) is 4.91. The van der Waals surface area contributed by atoms with Gasteiger partial charge in [-0.15, -0.1) is 0 Å². The first-order valence-corrected chi connectivity index (χ1v) is 7.95. The van der Waals surface area contributed by atoms with Crippen molar-refractivity contribution < 1.29 is 14.0 Å². The number of fused-ring (bicyclic) bond motifs is 1. The van der Waals surface area contributed by atoms with Crippen molar-refractivity contribution in [1.82, 2.24) is 10.3 Å². The van der Waals surface area contributed by atoms with E-state index >= 15 is 0 Å². The maximum Gasteiger partial charge on any atom is 0.290 e. The Labute approximate surface area is 140 Å². The number of furan rings is 1. The van der Waals surface area contributed by atoms with E-state index in [1.807, 2.05) is 30.3 Å². The van der Waals surface area contributed by atoms with E-state index in [0.717, 1.165) is 28.5 Å². The SMILES string of the molecule is O=C1NC(=O)/C(=C/c2cc3cncc(Nc4ccccc4)c3o2)S1. The zero-order valence-corrected chi connectivity index (χ0v) is 13.1. The quantitative estimate of drug-likeness (QED) is 0.705. The van der Waals surface area contributed by atoms with E-state index in [1.54, 1.807) is 24.5 Å². The van der Waals surface area contributed by atoms with Gasteiger partial charge < -0.3 is 9.73 Å². The number of nitrogens with one attached hydrogen (secondary N) is 2. The molecule has 0 atom stereocenters. The van der Waals surface area contributed by atoms with E-state index in [-0.39, 0.29) is 5.24 Å². The molecule has 0 bridgehead atoms. The molecule has 0 radical (unpaired) electrons. The van der Waals surface area contributed by atoms with Crippen LogP contribution in [0, 0.1) is 0 Å². The summed E-state index contributed by atoms with van der Waals surface area (Å²) in [7, 11) is 0. The summed E-state index contributed by atoms with van der Waals surface area (Å²) in [6.45, 7) is 0. The summed E-state index contributed by atoms with van der Waals surface area (Å²) in [5.41, 5.74) is 2.28. The van der Waals surface area contributed by atoms with Crippen LogP contribution in [0.4, 0.5) is 16.2 Å². The molecule has 0 unspecified atom stereocenters. The number of pyridine rings is 1. The number of anilines is 2. The van der Waals surface area contributed by atoms with Gasteiger partial charge in [-0.3, -0.25) is 19.9 Å². The van der Waals surface area contributed by atoms with Crippen LogP contribution in [0.5, 0.6) is 0 Å². The van der Waals surface area contributed by atoms with Gasteiger partial charge in [0.25, 0.3) is 11.1 Å². The van der Waals surface area contributed by atoms with Crippen molar-refractivity contribution in [2.45, 2.75) is 0 Å². The van der Waals surface area contributed by atoms with Crippen LogP contribution in [-0.4, -0.2) is 16.1 Å². The lowest BCUT2D eigenvalue weighted by Crippen LogP contribution is -2.17. The fraction of sp³-hybridized carbons (Fsp3) is 0. The molecule has 3 heterocycles. The number of rotatable bonds is 3. The molecule has 6 nitrogen and oxygen atoms in total. The second-order valence-electron chi connectivity index (χ2n) is 5.10. The first kappa shape index (κ1) is 14.5. The maximum absolute atomic E-state index is 11.6. The molecule has 1 aromatic carbocycles. The molecule has 118 valence electrons. The fourth-order valence-corrected chi connectivity index (χ4v) is 3.03. The molecule has 0 saturated carbocycles. The zero-order valence-electron chi connectivity index (χ0n) is 12.3. The number of amides is 2. The topological polar surface area (TPSA) is 84.2 Å². The van der Waals surface area contributed by atoms with Crippen LogP contribution in [0.3, 0.4) is 0 Å². The number of nitrogens with zero attached hydrogens (tertiary/aromatic N) is 1. The van der Waals surface area contributed by atoms with E-state index in [4.69, 9.17) is 4.42 Å². The predicted molar refractivity (Wildman–Crippen MR) is 92.8 cm³/mol. The minimum Gasteiger partial charge on any atom is -0.454 e. The number of benzene rings is 1. The number of thioether (sulfide) groups is 1. The van der Waals surface area contributed by atoms with Crippen molar-refractivity contribution in [3.05, 3.63) is 59.5 Å². The minimum atomic E-state index is -0.411. The van der Waals surface area contributed by atoms with Crippen LogP contribution in [-0.2, 0) is 4.79 Å². The van der Waals surface area contributed by atoms with E-state index in [2.05, 4.69) is 15.6 Å². The second kappa shape index (κ2) is 5.86. The first-order valence-electron chi connectivity index (χ1n) is 7.13. The Morgan fingerprint density at radius 3 is 2.75 bits per heavy atom. The van der Waals surface area contributed by atoms with E-state index < -0.39 is 5.91 Å². The number of hydrogen-bond donors (Lipinski definition) is 2. The summed E-state index contributed by atoms with van der Waals surface area (Å²) >= 11 is 0.856. The van der Waals surface area contributed by atoms with E-state index in [1.165, 1.54) is 0 Å². The average Bonchev–Trinajstić information content (AvgIpc) is 3.12. The Morgan fingerprint density at radius 2 is 2.00 bits per heavy atom. The number of para-hydroxylation sites is 1. The lowest BCUT2D eigenvalue weighted by Gasteiger charge is -2.05. The Kier molecular flexibility index (Phi) is 3.55. The van der Waals surface area contributed by atoms with Gasteiger partial charge in [-0.25, -0.2) is 0 Å². The highest BCUT2D eigenvalue weighted by molar-refractivity contribution is 8.18. The first-order chi connectivity index (χ1) is 11.7. The second-order valence-corrected chi connectivity index (χ2v) is 6.11. The molecule has 7 heteroatoms. The van der Waals surface area contributed by atoms with Gasteiger partial charge in [-0.05, 0) is 30.0 Å². The van der Waals surface area contributed by atoms with Gasteiger partial charge in [0.15, 0.2) is 5.58 Å². The van der Waals surface area contributed by atoms with Gasteiger partial charge >= 0.3 is 0 Å². The van der Waals surface area contributed by atoms with Gasteiger partial charge in [0, 0.05) is 23.3 Å². The lowest BCUT2D eigenvalue weighted by atomic mass is 10.2. The van der Waals surface area contributed by atoms with Crippen molar-refractivity contribution in [2.75, 3.05) is 5.32 Å². The highest BCUT2D eigenvalue weighted by atomic mass is 32.2. The third-order valence-corrected chi connectivity index (χ3v) is 4.22. The lowest BCUT2D eigenvalue weighted by molar-refractivity contribution is -0.115. The van der Waals surface area contributed by atoms with Crippen molar-refractivity contribution in [2.24, 2.45) is 0 Å². The molecule has 1 aliphatic heterocycles. The van der Waals surface area contributed by atoms with Crippen LogP contribution in [0.15, 0.2) is 58.1 Å². The van der Waals surface area contributed by atoms with Gasteiger partial charge in [0.05, 0.1) is 11.1 Å². The molecule has 4 rings (SSSR count). The van der Waals surface area contributed by atoms with Gasteiger partial charge in [0.2, 0.25) is 0 Å². The number of carbonyl (C=O) groups is 2. The third kappa shape index (κ3) is 2.77. The molecule has 1 fully saturated rings. The molecule has 2 amide bonds. The molecule has 2 aromatic heterocycles. The highest BCUT2D eigenvalue weighted by Gasteiger charge is 2.25. The van der Waals surface area contributed by atoms with E-state index in [9.17, 15) is 9.59 Å². The number of carbonyl (C=O) groups excluding carboxylic acids is 2. The van der Waals surface area contributed by atoms with Crippen LogP contribution in [0.25, 0.3) is 17.0 Å². The van der Waals surface area contributed by atoms with Gasteiger partial charge in [-0.2, -0.15) is 0 Å². The zero-order chi connectivity index (χ0) is 16.5. The van der Waals surface area contributed by atoms with Crippen LogP contribution >= 0.6 is 11.8 Å². The minimum absolute atomic E-state index is 0.310. The Hall–Kier alpha value is -3.06. The van der Waals surface area contributed by atoms with Crippen molar-refractivity contribution in [3.63, 3.8) is 0 Å². The van der Waals surface area contributed by atoms with Crippen molar-refractivity contribution in [3.8, 4) is 0 Å². The molecule has 1 aliphatic rings. The molecule has 24 heavy (non-hydrogen) atoms. The summed E-state index contributed by atoms with van der Waals surface area (Å²) in [5, 5.41) is 5.89. The molecule has 0 aliphatic carbocycles. The predicted octanol–water partition coefficient (Wildman–Crippen LogP) is 3.90. The molecule has 3 aromatic rings. The Bertz CT molecular complexity index is 979. The number of imide groups is 1. The van der Waals surface area contributed by atoms with Crippen molar-refractivity contribution >= 4 is 51.3 Å². The molecular formula is C17H11N3O3S. The molecule has 0 spiro atoms. The Morgan fingerprint density at radius 1 is 1.17 bits per heavy atom. The van der Waals surface area contributed by atoms with E-state index in [0.29, 0.717) is 16.2 Å².